The van der Waals surface area contributed by atoms with Gasteiger partial charge in [-0.25, -0.2) is 5.43 Å². The molecule has 0 radical (unpaired) electrons. The van der Waals surface area contributed by atoms with Gasteiger partial charge in [0.2, 0.25) is 0 Å². The van der Waals surface area contributed by atoms with E-state index in [1.165, 1.54) is 13.3 Å². The van der Waals surface area contributed by atoms with Gasteiger partial charge in [0.15, 0.2) is 17.2 Å². The molecule has 0 atom stereocenters. The first kappa shape index (κ1) is 20.0. The molecule has 1 N–H and O–H groups in total. The van der Waals surface area contributed by atoms with Crippen LogP contribution in [0.5, 0.6) is 11.5 Å². The number of aromatic nitrogens is 2. The van der Waals surface area contributed by atoms with Gasteiger partial charge in [-0.15, -0.1) is 0 Å². The fraction of sp³-hybridized carbons (Fsp3) is 0.235. The Bertz CT molecular complexity index is 831. The van der Waals surface area contributed by atoms with Crippen molar-refractivity contribution in [2.24, 2.45) is 5.10 Å². The second kappa shape index (κ2) is 8.88. The van der Waals surface area contributed by atoms with Gasteiger partial charge in [0.05, 0.1) is 13.3 Å². The highest BCUT2D eigenvalue weighted by molar-refractivity contribution is 5.83. The maximum atomic E-state index is 12.5. The van der Waals surface area contributed by atoms with Gasteiger partial charge in [0, 0.05) is 6.20 Å². The van der Waals surface area contributed by atoms with E-state index in [9.17, 15) is 18.0 Å². The summed E-state index contributed by atoms with van der Waals surface area (Å²) >= 11 is 0. The lowest BCUT2D eigenvalue weighted by Gasteiger charge is -2.09. The Kier molecular flexibility index (Phi) is 6.58. The van der Waals surface area contributed by atoms with Gasteiger partial charge in [-0.1, -0.05) is 12.7 Å². The quantitative estimate of drug-likeness (QED) is 0.433. The number of benzene rings is 1. The molecular weight excluding hydrogens is 365 g/mol. The molecule has 1 heterocycles. The zero-order valence-corrected chi connectivity index (χ0v) is 14.4. The number of amides is 1. The highest BCUT2D eigenvalue weighted by Gasteiger charge is 2.33. The van der Waals surface area contributed by atoms with Crippen molar-refractivity contribution in [2.45, 2.75) is 12.7 Å². The summed E-state index contributed by atoms with van der Waals surface area (Å²) in [6, 6.07) is 5.81. The molecule has 0 aliphatic rings. The van der Waals surface area contributed by atoms with E-state index in [-0.39, 0.29) is 0 Å². The summed E-state index contributed by atoms with van der Waals surface area (Å²) in [5, 5.41) is 7.05. The minimum Gasteiger partial charge on any atom is -0.493 e. The van der Waals surface area contributed by atoms with Gasteiger partial charge in [-0.3, -0.25) is 9.48 Å². The third kappa shape index (κ3) is 5.87. The van der Waals surface area contributed by atoms with Crippen molar-refractivity contribution in [1.29, 1.82) is 0 Å². The predicted octanol–water partition coefficient (Wildman–Crippen LogP) is 2.63. The Hall–Kier alpha value is -3.30. The van der Waals surface area contributed by atoms with Crippen molar-refractivity contribution in [3.05, 3.63) is 54.4 Å². The minimum absolute atomic E-state index is 0.323. The predicted molar refractivity (Wildman–Crippen MR) is 91.7 cm³/mol. The van der Waals surface area contributed by atoms with Crippen LogP contribution in [0.15, 0.2) is 48.2 Å². The van der Waals surface area contributed by atoms with Crippen molar-refractivity contribution >= 4 is 12.1 Å². The molecule has 0 aliphatic carbocycles. The van der Waals surface area contributed by atoms with Gasteiger partial charge >= 0.3 is 6.18 Å². The Balaban J connectivity index is 1.93. The van der Waals surface area contributed by atoms with E-state index in [2.05, 4.69) is 22.2 Å². The smallest absolute Gasteiger partial charge is 0.435 e. The number of carbonyl (C=O) groups is 1. The number of carbonyl (C=O) groups excluding carboxylic acids is 1. The number of ether oxygens (including phenoxy) is 2. The van der Waals surface area contributed by atoms with Crippen LogP contribution in [0, 0.1) is 0 Å². The number of rotatable bonds is 8. The zero-order chi connectivity index (χ0) is 19.9. The molecular formula is C17H17F3N4O3. The van der Waals surface area contributed by atoms with E-state index in [1.807, 2.05) is 0 Å². The maximum Gasteiger partial charge on any atom is 0.435 e. The number of hydrogen-bond acceptors (Lipinski definition) is 5. The van der Waals surface area contributed by atoms with E-state index in [0.717, 1.165) is 16.9 Å². The molecule has 2 rings (SSSR count). The molecule has 0 bridgehead atoms. The molecule has 1 amide bonds. The van der Waals surface area contributed by atoms with Crippen molar-refractivity contribution in [3.63, 3.8) is 0 Å². The fourth-order valence-electron chi connectivity index (χ4n) is 1.99. The van der Waals surface area contributed by atoms with Crippen molar-refractivity contribution in [1.82, 2.24) is 15.2 Å². The zero-order valence-electron chi connectivity index (χ0n) is 14.4. The minimum atomic E-state index is -4.56. The van der Waals surface area contributed by atoms with Gasteiger partial charge in [-0.2, -0.15) is 23.4 Å². The lowest BCUT2D eigenvalue weighted by molar-refractivity contribution is -0.141. The van der Waals surface area contributed by atoms with Crippen molar-refractivity contribution in [3.8, 4) is 11.5 Å². The van der Waals surface area contributed by atoms with Crippen LogP contribution in [0.4, 0.5) is 13.2 Å². The molecule has 0 unspecified atom stereocenters. The Morgan fingerprint density at radius 2 is 2.15 bits per heavy atom. The van der Waals surface area contributed by atoms with Crippen LogP contribution >= 0.6 is 0 Å². The first-order valence-electron chi connectivity index (χ1n) is 7.67. The van der Waals surface area contributed by atoms with Gasteiger partial charge in [0.1, 0.15) is 13.2 Å². The molecule has 0 saturated heterocycles. The average Bonchev–Trinajstić information content (AvgIpc) is 3.09. The molecule has 2 aromatic rings. The SMILES string of the molecule is C=CCOc1ccc(/C=N\NC(=O)Cn2ccc(C(F)(F)F)n2)cc1OC. The Labute approximate surface area is 153 Å². The summed E-state index contributed by atoms with van der Waals surface area (Å²) < 4.78 is 48.9. The monoisotopic (exact) mass is 382 g/mol. The molecule has 1 aromatic carbocycles. The molecule has 1 aromatic heterocycles. The largest absolute Gasteiger partial charge is 0.493 e. The number of methoxy groups -OCH3 is 1. The van der Waals surface area contributed by atoms with Crippen LogP contribution < -0.4 is 14.9 Å². The first-order chi connectivity index (χ1) is 12.8. The average molecular weight is 382 g/mol. The lowest BCUT2D eigenvalue weighted by atomic mass is 10.2. The van der Waals surface area contributed by atoms with Crippen LogP contribution in [-0.4, -0.2) is 35.6 Å². The van der Waals surface area contributed by atoms with E-state index in [4.69, 9.17) is 9.47 Å². The summed E-state index contributed by atoms with van der Waals surface area (Å²) in [5.41, 5.74) is 1.77. The van der Waals surface area contributed by atoms with E-state index in [1.54, 1.807) is 24.3 Å². The molecule has 0 saturated carbocycles. The number of halogens is 3. The highest BCUT2D eigenvalue weighted by Crippen LogP contribution is 2.28. The summed E-state index contributed by atoms with van der Waals surface area (Å²) in [4.78, 5) is 11.7. The van der Waals surface area contributed by atoms with Crippen LogP contribution in [0.3, 0.4) is 0 Å². The molecule has 27 heavy (non-hydrogen) atoms. The number of nitrogens with zero attached hydrogens (tertiary/aromatic N) is 3. The molecule has 0 fully saturated rings. The molecule has 144 valence electrons. The lowest BCUT2D eigenvalue weighted by Crippen LogP contribution is -2.23. The third-order valence-corrected chi connectivity index (χ3v) is 3.18. The van der Waals surface area contributed by atoms with Crippen molar-refractivity contribution in [2.75, 3.05) is 13.7 Å². The first-order valence-corrected chi connectivity index (χ1v) is 7.67. The fourth-order valence-corrected chi connectivity index (χ4v) is 1.99. The molecule has 0 aliphatic heterocycles. The molecule has 10 heteroatoms. The van der Waals surface area contributed by atoms with Gasteiger partial charge < -0.3 is 9.47 Å². The summed E-state index contributed by atoms with van der Waals surface area (Å²) in [6.45, 7) is 3.49. The number of nitrogens with one attached hydrogen (secondary N) is 1. The van der Waals surface area contributed by atoms with Crippen LogP contribution in [0.2, 0.25) is 0 Å². The van der Waals surface area contributed by atoms with Crippen molar-refractivity contribution < 1.29 is 27.4 Å². The Morgan fingerprint density at radius 3 is 2.78 bits per heavy atom. The van der Waals surface area contributed by atoms with Crippen LogP contribution in [0.25, 0.3) is 0 Å². The highest BCUT2D eigenvalue weighted by atomic mass is 19.4. The normalized spacial score (nSPS) is 11.4. The van der Waals surface area contributed by atoms with Gasteiger partial charge in [-0.05, 0) is 29.8 Å². The second-order valence-corrected chi connectivity index (χ2v) is 5.20. The summed E-state index contributed by atoms with van der Waals surface area (Å²) in [5.74, 6) is 0.377. The summed E-state index contributed by atoms with van der Waals surface area (Å²) in [6.07, 6.45) is -0.525. The van der Waals surface area contributed by atoms with Crippen LogP contribution in [-0.2, 0) is 17.5 Å². The number of alkyl halides is 3. The topological polar surface area (TPSA) is 77.7 Å². The Morgan fingerprint density at radius 1 is 1.37 bits per heavy atom. The third-order valence-electron chi connectivity index (χ3n) is 3.18. The second-order valence-electron chi connectivity index (χ2n) is 5.20. The van der Waals surface area contributed by atoms with E-state index in [0.29, 0.717) is 23.7 Å². The standard InChI is InChI=1S/C17H17F3N4O3/c1-3-8-27-13-5-4-12(9-14(13)26-2)10-21-22-16(25)11-24-7-6-15(23-24)17(18,19)20/h3-7,9-10H,1,8,11H2,2H3,(H,22,25)/b21-10-. The molecule has 7 nitrogen and oxygen atoms in total. The summed E-state index contributed by atoms with van der Waals surface area (Å²) in [7, 11) is 1.48. The van der Waals surface area contributed by atoms with Gasteiger partial charge in [0.25, 0.3) is 5.91 Å². The number of hydrazone groups is 1. The van der Waals surface area contributed by atoms with E-state index < -0.39 is 24.3 Å². The number of hydrogen-bond donors (Lipinski definition) is 1. The van der Waals surface area contributed by atoms with Crippen LogP contribution in [0.1, 0.15) is 11.3 Å². The maximum absolute atomic E-state index is 12.5. The van der Waals surface area contributed by atoms with E-state index >= 15 is 0 Å². The molecule has 0 spiro atoms.